The Kier molecular flexibility index (Phi) is 7.58. The van der Waals surface area contributed by atoms with Gasteiger partial charge < -0.3 is 4.74 Å². The molecule has 0 aliphatic carbocycles. The van der Waals surface area contributed by atoms with Crippen LogP contribution >= 0.6 is 0 Å². The molecule has 0 unspecified atom stereocenters. The maximum atomic E-state index is 15.2. The summed E-state index contributed by atoms with van der Waals surface area (Å²) < 4.78 is 44.1. The average molecular weight is 463 g/mol. The Bertz CT molecular complexity index is 1270. The first-order chi connectivity index (χ1) is 16.5. The number of benzene rings is 3. The van der Waals surface area contributed by atoms with E-state index in [0.717, 1.165) is 34.9 Å². The zero-order valence-electron chi connectivity index (χ0n) is 18.8. The minimum atomic E-state index is -2.85. The van der Waals surface area contributed by atoms with Crippen molar-refractivity contribution in [1.82, 2.24) is 9.97 Å². The lowest BCUT2D eigenvalue weighted by atomic mass is 9.99. The number of hydrogen-bond acceptors (Lipinski definition) is 3. The number of allylic oxidation sites excluding steroid dienone is 2. The Morgan fingerprint density at radius 1 is 0.882 bits per heavy atom. The van der Waals surface area contributed by atoms with Crippen molar-refractivity contribution >= 4 is 10.8 Å². The molecule has 0 aliphatic rings. The predicted octanol–water partition coefficient (Wildman–Crippen LogP) is 7.33. The molecule has 6 heteroatoms. The second-order valence-electron chi connectivity index (χ2n) is 8.02. The molecule has 0 fully saturated rings. The SMILES string of the molecule is C/C=C/CCc1cnc(-c2ccc3c(F)c(CCc4ccc(OC(F)F)cc4)ccc3c2)nc1. The van der Waals surface area contributed by atoms with E-state index in [1.807, 2.05) is 43.6 Å². The summed E-state index contributed by atoms with van der Waals surface area (Å²) in [6, 6.07) is 15.6. The standard InChI is InChI=1S/C28H25F3N2O/c1-2-3-4-5-20-17-32-27(33-18-20)23-12-15-25-22(16-23)11-10-21(26(25)29)9-6-19-7-13-24(14-8-19)34-28(30)31/h2-3,7-8,10-18,28H,4-6,9H2,1H3/b3-2+. The molecule has 1 aromatic heterocycles. The van der Waals surface area contributed by atoms with Crippen LogP contribution in [0.5, 0.6) is 5.75 Å². The number of alkyl halides is 2. The van der Waals surface area contributed by atoms with Crippen molar-refractivity contribution in [3.63, 3.8) is 0 Å². The third-order valence-corrected chi connectivity index (χ3v) is 5.66. The number of hydrogen-bond donors (Lipinski definition) is 0. The number of rotatable bonds is 9. The number of ether oxygens (including phenoxy) is 1. The fraction of sp³-hybridized carbons (Fsp3) is 0.214. The van der Waals surface area contributed by atoms with E-state index in [2.05, 4.69) is 20.8 Å². The molecule has 1 heterocycles. The quantitative estimate of drug-likeness (QED) is 0.244. The fourth-order valence-corrected chi connectivity index (χ4v) is 3.84. The lowest BCUT2D eigenvalue weighted by Crippen LogP contribution is -2.02. The second-order valence-corrected chi connectivity index (χ2v) is 8.02. The molecule has 34 heavy (non-hydrogen) atoms. The molecule has 0 saturated heterocycles. The summed E-state index contributed by atoms with van der Waals surface area (Å²) in [6.45, 7) is -0.850. The number of aromatic nitrogens is 2. The minimum absolute atomic E-state index is 0.110. The molecule has 3 aromatic carbocycles. The van der Waals surface area contributed by atoms with Crippen LogP contribution in [0.15, 0.2) is 79.1 Å². The highest BCUT2D eigenvalue weighted by Crippen LogP contribution is 2.27. The minimum Gasteiger partial charge on any atom is -0.435 e. The van der Waals surface area contributed by atoms with E-state index in [-0.39, 0.29) is 11.6 Å². The van der Waals surface area contributed by atoms with Crippen molar-refractivity contribution in [1.29, 1.82) is 0 Å². The van der Waals surface area contributed by atoms with Gasteiger partial charge in [0.1, 0.15) is 11.6 Å². The molecule has 0 spiro atoms. The van der Waals surface area contributed by atoms with Gasteiger partial charge in [-0.15, -0.1) is 0 Å². The Morgan fingerprint density at radius 3 is 2.35 bits per heavy atom. The van der Waals surface area contributed by atoms with Gasteiger partial charge in [-0.05, 0) is 72.9 Å². The Labute approximate surface area is 197 Å². The first kappa shape index (κ1) is 23.5. The number of nitrogens with zero attached hydrogens (tertiary/aromatic N) is 2. The van der Waals surface area contributed by atoms with Gasteiger partial charge in [0, 0.05) is 23.3 Å². The third-order valence-electron chi connectivity index (χ3n) is 5.66. The van der Waals surface area contributed by atoms with E-state index in [1.165, 1.54) is 12.1 Å². The summed E-state index contributed by atoms with van der Waals surface area (Å²) in [6.07, 6.45) is 10.7. The third kappa shape index (κ3) is 5.81. The summed E-state index contributed by atoms with van der Waals surface area (Å²) in [5, 5.41) is 1.33. The zero-order chi connectivity index (χ0) is 23.9. The summed E-state index contributed by atoms with van der Waals surface area (Å²) >= 11 is 0. The van der Waals surface area contributed by atoms with Gasteiger partial charge >= 0.3 is 6.61 Å². The highest BCUT2D eigenvalue weighted by atomic mass is 19.3. The van der Waals surface area contributed by atoms with Crippen molar-refractivity contribution < 1.29 is 17.9 Å². The maximum absolute atomic E-state index is 15.2. The van der Waals surface area contributed by atoms with Gasteiger partial charge in [0.15, 0.2) is 5.82 Å². The summed E-state index contributed by atoms with van der Waals surface area (Å²) in [5.41, 5.74) is 3.44. The van der Waals surface area contributed by atoms with Crippen LogP contribution in [0.2, 0.25) is 0 Å². The van der Waals surface area contributed by atoms with Gasteiger partial charge in [-0.3, -0.25) is 0 Å². The van der Waals surface area contributed by atoms with Crippen molar-refractivity contribution in [2.75, 3.05) is 0 Å². The van der Waals surface area contributed by atoms with Gasteiger partial charge in [-0.25, -0.2) is 14.4 Å². The normalized spacial score (nSPS) is 11.6. The van der Waals surface area contributed by atoms with Crippen molar-refractivity contribution in [3.05, 3.63) is 102 Å². The van der Waals surface area contributed by atoms with Crippen LogP contribution in [0.3, 0.4) is 0 Å². The topological polar surface area (TPSA) is 35.0 Å². The summed E-state index contributed by atoms with van der Waals surface area (Å²) in [4.78, 5) is 8.96. The van der Waals surface area contributed by atoms with Crippen molar-refractivity contribution in [2.24, 2.45) is 0 Å². The highest BCUT2D eigenvalue weighted by Gasteiger charge is 2.11. The molecule has 0 bridgehead atoms. The van der Waals surface area contributed by atoms with E-state index >= 15 is 4.39 Å². The molecule has 174 valence electrons. The van der Waals surface area contributed by atoms with E-state index in [1.54, 1.807) is 24.3 Å². The molecular formula is C28H25F3N2O. The Morgan fingerprint density at radius 2 is 1.65 bits per heavy atom. The molecule has 4 rings (SSSR count). The fourth-order valence-electron chi connectivity index (χ4n) is 3.84. The van der Waals surface area contributed by atoms with Crippen LogP contribution < -0.4 is 4.74 Å². The molecule has 3 nitrogen and oxygen atoms in total. The Hall–Kier alpha value is -3.67. The number of halogens is 3. The van der Waals surface area contributed by atoms with E-state index in [4.69, 9.17) is 0 Å². The largest absolute Gasteiger partial charge is 0.435 e. The van der Waals surface area contributed by atoms with Crippen LogP contribution in [0.4, 0.5) is 13.2 Å². The molecular weight excluding hydrogens is 437 g/mol. The molecule has 0 saturated carbocycles. The molecule has 0 radical (unpaired) electrons. The lowest BCUT2D eigenvalue weighted by Gasteiger charge is -2.09. The monoisotopic (exact) mass is 462 g/mol. The van der Waals surface area contributed by atoms with E-state index in [9.17, 15) is 8.78 Å². The zero-order valence-corrected chi connectivity index (χ0v) is 18.8. The number of fused-ring (bicyclic) bond motifs is 1. The molecule has 4 aromatic rings. The maximum Gasteiger partial charge on any atom is 0.387 e. The van der Waals surface area contributed by atoms with Crippen molar-refractivity contribution in [2.45, 2.75) is 39.2 Å². The van der Waals surface area contributed by atoms with Gasteiger partial charge in [0.2, 0.25) is 0 Å². The summed E-state index contributed by atoms with van der Waals surface area (Å²) in [7, 11) is 0. The van der Waals surface area contributed by atoms with Crippen LogP contribution in [0.25, 0.3) is 22.2 Å². The summed E-state index contributed by atoms with van der Waals surface area (Å²) in [5.74, 6) is 0.473. The Balaban J connectivity index is 1.46. The van der Waals surface area contributed by atoms with Crippen LogP contribution in [-0.2, 0) is 19.3 Å². The predicted molar refractivity (Wildman–Crippen MR) is 129 cm³/mol. The average Bonchev–Trinajstić information content (AvgIpc) is 2.85. The highest BCUT2D eigenvalue weighted by molar-refractivity contribution is 5.87. The van der Waals surface area contributed by atoms with E-state index in [0.29, 0.717) is 29.6 Å². The molecule has 0 aliphatic heterocycles. The van der Waals surface area contributed by atoms with Crippen LogP contribution in [0, 0.1) is 5.82 Å². The second kappa shape index (κ2) is 11.0. The van der Waals surface area contributed by atoms with Gasteiger partial charge in [0.25, 0.3) is 0 Å². The van der Waals surface area contributed by atoms with Crippen LogP contribution in [0.1, 0.15) is 30.0 Å². The molecule has 0 amide bonds. The van der Waals surface area contributed by atoms with Crippen LogP contribution in [-0.4, -0.2) is 16.6 Å². The van der Waals surface area contributed by atoms with Gasteiger partial charge in [0.05, 0.1) is 0 Å². The van der Waals surface area contributed by atoms with Gasteiger partial charge in [-0.2, -0.15) is 8.78 Å². The molecule has 0 N–H and O–H groups in total. The first-order valence-corrected chi connectivity index (χ1v) is 11.2. The smallest absolute Gasteiger partial charge is 0.387 e. The van der Waals surface area contributed by atoms with Gasteiger partial charge in [-0.1, -0.05) is 48.6 Å². The van der Waals surface area contributed by atoms with E-state index < -0.39 is 6.61 Å². The van der Waals surface area contributed by atoms with Crippen molar-refractivity contribution in [3.8, 4) is 17.1 Å². The number of aryl methyl sites for hydroxylation is 3. The first-order valence-electron chi connectivity index (χ1n) is 11.2. The lowest BCUT2D eigenvalue weighted by molar-refractivity contribution is -0.0498. The molecule has 0 atom stereocenters.